The van der Waals surface area contributed by atoms with Crippen LogP contribution in [-0.2, 0) is 17.6 Å². The molecule has 2 aliphatic carbocycles. The SMILES string of the molecule is CNC(C(=O)N1CC=CC1c1nc2ccc(-c3ccc(-c4ccc5nc(C6CCCN6C)[nH]c5c4)c4c3CC3(CCCCC3)C4)cc2[nH]1)C(C)C. The number of nitrogens with one attached hydrogen (secondary N) is 3. The van der Waals surface area contributed by atoms with Gasteiger partial charge in [-0.25, -0.2) is 9.97 Å². The van der Waals surface area contributed by atoms with Gasteiger partial charge in [-0.3, -0.25) is 9.69 Å². The Morgan fingerprint density at radius 2 is 1.49 bits per heavy atom. The molecular formula is C43H51N7O. The van der Waals surface area contributed by atoms with Crippen molar-refractivity contribution >= 4 is 28.0 Å². The van der Waals surface area contributed by atoms with Gasteiger partial charge in [0.15, 0.2) is 0 Å². The minimum Gasteiger partial charge on any atom is -0.341 e. The van der Waals surface area contributed by atoms with Crippen LogP contribution in [0.15, 0.2) is 60.7 Å². The van der Waals surface area contributed by atoms with Crippen molar-refractivity contribution in [1.29, 1.82) is 0 Å². The van der Waals surface area contributed by atoms with Gasteiger partial charge in [0.1, 0.15) is 17.7 Å². The maximum atomic E-state index is 13.5. The van der Waals surface area contributed by atoms with Crippen molar-refractivity contribution < 1.29 is 4.79 Å². The van der Waals surface area contributed by atoms with Crippen LogP contribution in [0.3, 0.4) is 0 Å². The number of likely N-dealkylation sites (tertiary alicyclic amines) is 1. The number of carbonyl (C=O) groups excluding carboxylic acids is 1. The van der Waals surface area contributed by atoms with E-state index < -0.39 is 0 Å². The molecule has 8 heteroatoms. The highest BCUT2D eigenvalue weighted by Crippen LogP contribution is 2.52. The van der Waals surface area contributed by atoms with Crippen molar-refractivity contribution in [2.24, 2.45) is 11.3 Å². The van der Waals surface area contributed by atoms with E-state index >= 15 is 0 Å². The summed E-state index contributed by atoms with van der Waals surface area (Å²) >= 11 is 0. The molecule has 8 nitrogen and oxygen atoms in total. The van der Waals surface area contributed by atoms with Gasteiger partial charge in [-0.05, 0) is 128 Å². The van der Waals surface area contributed by atoms with Crippen molar-refractivity contribution in [1.82, 2.24) is 35.1 Å². The molecule has 2 fully saturated rings. The lowest BCUT2D eigenvalue weighted by Crippen LogP contribution is -2.48. The molecular weight excluding hydrogens is 631 g/mol. The van der Waals surface area contributed by atoms with E-state index in [1.165, 1.54) is 71.9 Å². The fourth-order valence-corrected chi connectivity index (χ4v) is 9.96. The second kappa shape index (κ2) is 12.7. The number of nitrogens with zero attached hydrogens (tertiary/aromatic N) is 4. The fourth-order valence-electron chi connectivity index (χ4n) is 9.96. The van der Waals surface area contributed by atoms with E-state index in [4.69, 9.17) is 9.97 Å². The third-order valence-electron chi connectivity index (χ3n) is 12.7. The quantitative estimate of drug-likeness (QED) is 0.151. The first-order valence-electron chi connectivity index (χ1n) is 19.3. The maximum Gasteiger partial charge on any atom is 0.241 e. The van der Waals surface area contributed by atoms with Crippen LogP contribution in [0.5, 0.6) is 0 Å². The zero-order chi connectivity index (χ0) is 34.9. The largest absolute Gasteiger partial charge is 0.341 e. The van der Waals surface area contributed by atoms with Crippen LogP contribution in [0, 0.1) is 11.3 Å². The highest BCUT2D eigenvalue weighted by Gasteiger charge is 2.41. The van der Waals surface area contributed by atoms with Gasteiger partial charge in [0.2, 0.25) is 5.91 Å². The molecule has 9 rings (SSSR count). The highest BCUT2D eigenvalue weighted by atomic mass is 16.2. The summed E-state index contributed by atoms with van der Waals surface area (Å²) in [5.41, 5.74) is 12.8. The van der Waals surface area contributed by atoms with Crippen LogP contribution in [0.25, 0.3) is 44.3 Å². The van der Waals surface area contributed by atoms with Crippen molar-refractivity contribution in [2.45, 2.75) is 89.8 Å². The average Bonchev–Trinajstić information content (AvgIpc) is 3.96. The third-order valence-corrected chi connectivity index (χ3v) is 12.7. The summed E-state index contributed by atoms with van der Waals surface area (Å²) in [6, 6.07) is 18.2. The van der Waals surface area contributed by atoms with Crippen LogP contribution >= 0.6 is 0 Å². The number of benzene rings is 3. The monoisotopic (exact) mass is 681 g/mol. The number of carbonyl (C=O) groups is 1. The number of likely N-dealkylation sites (N-methyl/N-ethyl adjacent to an activating group) is 1. The first-order chi connectivity index (χ1) is 24.8. The van der Waals surface area contributed by atoms with Gasteiger partial charge in [-0.2, -0.15) is 0 Å². The van der Waals surface area contributed by atoms with Gasteiger partial charge >= 0.3 is 0 Å². The topological polar surface area (TPSA) is 92.9 Å². The molecule has 2 aromatic heterocycles. The van der Waals surface area contributed by atoms with Gasteiger partial charge in [0.05, 0.1) is 34.2 Å². The minimum absolute atomic E-state index is 0.115. The molecule has 3 unspecified atom stereocenters. The summed E-state index contributed by atoms with van der Waals surface area (Å²) in [4.78, 5) is 35.3. The molecule has 1 amide bonds. The van der Waals surface area contributed by atoms with E-state index in [2.05, 4.69) is 102 Å². The maximum absolute atomic E-state index is 13.5. The van der Waals surface area contributed by atoms with Crippen LogP contribution in [0.1, 0.15) is 93.7 Å². The Morgan fingerprint density at radius 3 is 2.08 bits per heavy atom. The van der Waals surface area contributed by atoms with Gasteiger partial charge in [-0.1, -0.05) is 69.5 Å². The molecule has 3 aromatic carbocycles. The van der Waals surface area contributed by atoms with Gasteiger partial charge in [0.25, 0.3) is 0 Å². The lowest BCUT2D eigenvalue weighted by Gasteiger charge is -2.33. The Labute approximate surface area is 301 Å². The summed E-state index contributed by atoms with van der Waals surface area (Å²) in [6.07, 6.45) is 15.5. The first-order valence-corrected chi connectivity index (χ1v) is 19.3. The Kier molecular flexibility index (Phi) is 8.15. The number of H-pyrrole nitrogens is 2. The number of amides is 1. The number of rotatable bonds is 7. The predicted octanol–water partition coefficient (Wildman–Crippen LogP) is 8.27. The third kappa shape index (κ3) is 5.62. The highest BCUT2D eigenvalue weighted by molar-refractivity contribution is 5.88. The molecule has 1 spiro atoms. The normalized spacial score (nSPS) is 22.3. The smallest absolute Gasteiger partial charge is 0.241 e. The lowest BCUT2D eigenvalue weighted by molar-refractivity contribution is -0.135. The van der Waals surface area contributed by atoms with E-state index in [0.717, 1.165) is 59.5 Å². The van der Waals surface area contributed by atoms with Crippen molar-refractivity contribution in [3.8, 4) is 22.3 Å². The van der Waals surface area contributed by atoms with Crippen LogP contribution < -0.4 is 5.32 Å². The zero-order valence-corrected chi connectivity index (χ0v) is 30.6. The Balaban J connectivity index is 1.07. The van der Waals surface area contributed by atoms with E-state index in [0.29, 0.717) is 18.0 Å². The molecule has 1 saturated heterocycles. The van der Waals surface area contributed by atoms with Gasteiger partial charge in [0, 0.05) is 6.54 Å². The second-order valence-corrected chi connectivity index (χ2v) is 16.3. The van der Waals surface area contributed by atoms with Crippen molar-refractivity contribution in [3.63, 3.8) is 0 Å². The molecule has 4 aliphatic rings. The molecule has 51 heavy (non-hydrogen) atoms. The van der Waals surface area contributed by atoms with Crippen molar-refractivity contribution in [3.05, 3.63) is 83.5 Å². The number of aromatic amines is 2. The van der Waals surface area contributed by atoms with Crippen LogP contribution in [0.4, 0.5) is 0 Å². The van der Waals surface area contributed by atoms with E-state index in [1.807, 2.05) is 11.9 Å². The lowest BCUT2D eigenvalue weighted by atomic mass is 9.72. The molecule has 5 aromatic rings. The number of hydrogen-bond donors (Lipinski definition) is 3. The zero-order valence-electron chi connectivity index (χ0n) is 30.6. The molecule has 0 radical (unpaired) electrons. The molecule has 3 N–H and O–H groups in total. The molecule has 1 saturated carbocycles. The number of imidazole rings is 2. The first kappa shape index (κ1) is 32.6. The number of aromatic nitrogens is 4. The molecule has 264 valence electrons. The van der Waals surface area contributed by atoms with E-state index in [-0.39, 0.29) is 23.9 Å². The summed E-state index contributed by atoms with van der Waals surface area (Å²) in [5, 5.41) is 3.22. The van der Waals surface area contributed by atoms with Crippen molar-refractivity contribution in [2.75, 3.05) is 27.2 Å². The summed E-state index contributed by atoms with van der Waals surface area (Å²) < 4.78 is 0. The predicted molar refractivity (Wildman–Crippen MR) is 205 cm³/mol. The minimum atomic E-state index is -0.223. The second-order valence-electron chi connectivity index (χ2n) is 16.3. The molecule has 0 bridgehead atoms. The van der Waals surface area contributed by atoms with E-state index in [1.54, 1.807) is 0 Å². The summed E-state index contributed by atoms with van der Waals surface area (Å²) in [7, 11) is 4.08. The summed E-state index contributed by atoms with van der Waals surface area (Å²) in [6.45, 7) is 5.91. The summed E-state index contributed by atoms with van der Waals surface area (Å²) in [5.74, 6) is 2.24. The standard InChI is InChI=1S/C43H51N7O/c1-26(2)39(44-3)42(51)50-21-9-11-38(50)41-46-34-17-13-28(23-36(34)48-41)30-15-14-29(31-24-43(25-32(30)31)18-6-5-7-19-43)27-12-16-33-35(22-27)47-40(45-33)37-10-8-20-49(37)4/h9,11-17,22-23,26,37-39,44H,5-8,10,18-21,24-25H2,1-4H3,(H,45,47)(H,46,48). The van der Waals surface area contributed by atoms with E-state index in [9.17, 15) is 4.79 Å². The Hall–Kier alpha value is -4.27. The van der Waals surface area contributed by atoms with Crippen LogP contribution in [-0.4, -0.2) is 68.9 Å². The number of hydrogen-bond acceptors (Lipinski definition) is 5. The Bertz CT molecular complexity index is 2150. The van der Waals surface area contributed by atoms with Crippen LogP contribution in [0.2, 0.25) is 0 Å². The number of fused-ring (bicyclic) bond motifs is 3. The van der Waals surface area contributed by atoms with Gasteiger partial charge in [-0.15, -0.1) is 0 Å². The molecule has 3 atom stereocenters. The Morgan fingerprint density at radius 1 is 0.863 bits per heavy atom. The molecule has 2 aliphatic heterocycles. The fraction of sp³-hybridized carbons (Fsp3) is 0.465. The van der Waals surface area contributed by atoms with Gasteiger partial charge < -0.3 is 20.2 Å². The molecule has 4 heterocycles. The average molecular weight is 682 g/mol.